The summed E-state index contributed by atoms with van der Waals surface area (Å²) < 4.78 is 32.7. The van der Waals surface area contributed by atoms with Gasteiger partial charge in [-0.25, -0.2) is 8.42 Å². The van der Waals surface area contributed by atoms with Crippen molar-refractivity contribution in [3.8, 4) is 0 Å². The molecule has 0 aromatic carbocycles. The van der Waals surface area contributed by atoms with Gasteiger partial charge in [-0.1, -0.05) is 11.6 Å². The minimum atomic E-state index is -3.68. The molecule has 1 atom stereocenters. The molecule has 1 amide bonds. The molecule has 0 radical (unpaired) electrons. The second kappa shape index (κ2) is 6.34. The maximum Gasteiger partial charge on any atom is 0.248 e. The molecule has 0 unspecified atom stereocenters. The zero-order chi connectivity index (χ0) is 18.5. The predicted molar refractivity (Wildman–Crippen MR) is 94.9 cm³/mol. The second-order valence-corrected chi connectivity index (χ2v) is 10.0. The van der Waals surface area contributed by atoms with Crippen molar-refractivity contribution in [1.29, 1.82) is 0 Å². The Morgan fingerprint density at radius 2 is 1.96 bits per heavy atom. The van der Waals surface area contributed by atoms with Gasteiger partial charge in [-0.3, -0.25) is 4.79 Å². The van der Waals surface area contributed by atoms with Crippen LogP contribution in [0.1, 0.15) is 50.0 Å². The molecular weight excluding hydrogens is 354 g/mol. The fourth-order valence-corrected chi connectivity index (χ4v) is 6.52. The molecule has 144 valence electrons. The summed E-state index contributed by atoms with van der Waals surface area (Å²) in [5, 5.41) is 3.78. The van der Waals surface area contributed by atoms with E-state index in [2.05, 4.69) is 5.16 Å². The zero-order valence-electron chi connectivity index (χ0n) is 15.5. The van der Waals surface area contributed by atoms with Crippen molar-refractivity contribution in [2.24, 2.45) is 11.3 Å². The number of piperidine rings is 1. The molecule has 3 fully saturated rings. The quantitative estimate of drug-likeness (QED) is 0.797. The molecule has 7 nitrogen and oxygen atoms in total. The van der Waals surface area contributed by atoms with Gasteiger partial charge in [0, 0.05) is 26.2 Å². The topological polar surface area (TPSA) is 83.7 Å². The van der Waals surface area contributed by atoms with Gasteiger partial charge in [-0.15, -0.1) is 0 Å². The zero-order valence-corrected chi connectivity index (χ0v) is 16.3. The van der Waals surface area contributed by atoms with Gasteiger partial charge in [-0.05, 0) is 51.9 Å². The molecule has 1 aliphatic carbocycles. The Hall–Kier alpha value is -1.41. The number of rotatable bonds is 4. The minimum absolute atomic E-state index is 0.157. The van der Waals surface area contributed by atoms with Crippen LogP contribution in [0.4, 0.5) is 0 Å². The highest BCUT2D eigenvalue weighted by Crippen LogP contribution is 2.43. The number of hydrogen-bond acceptors (Lipinski definition) is 5. The highest BCUT2D eigenvalue weighted by molar-refractivity contribution is 7.89. The molecule has 2 saturated heterocycles. The Morgan fingerprint density at radius 3 is 2.58 bits per heavy atom. The van der Waals surface area contributed by atoms with E-state index in [0.717, 1.165) is 25.9 Å². The third-order valence-electron chi connectivity index (χ3n) is 6.41. The maximum absolute atomic E-state index is 13.2. The Morgan fingerprint density at radius 1 is 1.19 bits per heavy atom. The number of hydrogen-bond donors (Lipinski definition) is 0. The van der Waals surface area contributed by atoms with Crippen molar-refractivity contribution in [1.82, 2.24) is 14.4 Å². The van der Waals surface area contributed by atoms with Crippen LogP contribution in [0.2, 0.25) is 0 Å². The largest absolute Gasteiger partial charge is 0.360 e. The maximum atomic E-state index is 13.2. The predicted octanol–water partition coefficient (Wildman–Crippen LogP) is 2.09. The molecular formula is C18H27N3O4S. The summed E-state index contributed by atoms with van der Waals surface area (Å²) in [4.78, 5) is 15.3. The lowest BCUT2D eigenvalue weighted by atomic mass is 9.77. The van der Waals surface area contributed by atoms with Crippen LogP contribution in [-0.4, -0.2) is 54.9 Å². The van der Waals surface area contributed by atoms with Gasteiger partial charge in [0.2, 0.25) is 15.9 Å². The van der Waals surface area contributed by atoms with Gasteiger partial charge >= 0.3 is 0 Å². The first-order valence-electron chi connectivity index (χ1n) is 9.56. The second-order valence-electron chi connectivity index (χ2n) is 8.17. The number of carbonyl (C=O) groups excluding carboxylic acids is 1. The summed E-state index contributed by atoms with van der Waals surface area (Å²) in [6.07, 6.45) is 6.03. The number of amides is 1. The highest BCUT2D eigenvalue weighted by Gasteiger charge is 2.51. The summed E-state index contributed by atoms with van der Waals surface area (Å²) in [6.45, 7) is 5.58. The van der Waals surface area contributed by atoms with Crippen molar-refractivity contribution >= 4 is 15.9 Å². The fraction of sp³-hybridized carbons (Fsp3) is 0.778. The van der Waals surface area contributed by atoms with E-state index in [1.165, 1.54) is 23.6 Å². The Balaban J connectivity index is 1.54. The van der Waals surface area contributed by atoms with Gasteiger partial charge in [0.1, 0.15) is 10.6 Å². The number of carbonyl (C=O) groups is 1. The molecule has 0 N–H and O–H groups in total. The van der Waals surface area contributed by atoms with Crippen LogP contribution in [0.5, 0.6) is 0 Å². The number of likely N-dealkylation sites (tertiary alicyclic amines) is 1. The lowest BCUT2D eigenvalue weighted by Crippen LogP contribution is -2.52. The first-order chi connectivity index (χ1) is 12.3. The Labute approximate surface area is 154 Å². The highest BCUT2D eigenvalue weighted by atomic mass is 32.2. The molecule has 26 heavy (non-hydrogen) atoms. The van der Waals surface area contributed by atoms with Crippen LogP contribution < -0.4 is 0 Å². The third kappa shape index (κ3) is 2.78. The molecule has 1 aromatic heterocycles. The van der Waals surface area contributed by atoms with E-state index in [-0.39, 0.29) is 17.3 Å². The van der Waals surface area contributed by atoms with Gasteiger partial charge in [0.05, 0.1) is 5.41 Å². The summed E-state index contributed by atoms with van der Waals surface area (Å²) in [6, 6.07) is 0. The van der Waals surface area contributed by atoms with Crippen LogP contribution >= 0.6 is 0 Å². The molecule has 8 heteroatoms. The summed E-state index contributed by atoms with van der Waals surface area (Å²) >= 11 is 0. The van der Waals surface area contributed by atoms with Crippen LogP contribution in [0.3, 0.4) is 0 Å². The van der Waals surface area contributed by atoms with E-state index < -0.39 is 15.4 Å². The molecule has 0 bridgehead atoms. The summed E-state index contributed by atoms with van der Waals surface area (Å²) in [7, 11) is -3.68. The molecule has 1 spiro atoms. The number of nitrogens with zero attached hydrogens (tertiary/aromatic N) is 3. The van der Waals surface area contributed by atoms with Gasteiger partial charge in [0.25, 0.3) is 0 Å². The third-order valence-corrected chi connectivity index (χ3v) is 8.50. The van der Waals surface area contributed by atoms with Crippen molar-refractivity contribution in [2.45, 2.75) is 57.3 Å². The fourth-order valence-electron chi connectivity index (χ4n) is 4.70. The lowest BCUT2D eigenvalue weighted by molar-refractivity contribution is -0.146. The smallest absolute Gasteiger partial charge is 0.248 e. The normalized spacial score (nSPS) is 28.1. The monoisotopic (exact) mass is 381 g/mol. The van der Waals surface area contributed by atoms with E-state index in [4.69, 9.17) is 4.52 Å². The summed E-state index contributed by atoms with van der Waals surface area (Å²) in [5.74, 6) is 1.11. The first-order valence-corrected chi connectivity index (χ1v) is 11.0. The Kier molecular flexibility index (Phi) is 4.38. The van der Waals surface area contributed by atoms with Gasteiger partial charge in [0.15, 0.2) is 5.76 Å². The van der Waals surface area contributed by atoms with E-state index in [1.807, 2.05) is 4.90 Å². The van der Waals surface area contributed by atoms with Crippen LogP contribution in [0.25, 0.3) is 0 Å². The lowest BCUT2D eigenvalue weighted by Gasteiger charge is -2.42. The van der Waals surface area contributed by atoms with E-state index >= 15 is 0 Å². The van der Waals surface area contributed by atoms with E-state index in [1.54, 1.807) is 13.8 Å². The molecule has 4 rings (SSSR count). The average molecular weight is 381 g/mol. The van der Waals surface area contributed by atoms with E-state index in [0.29, 0.717) is 30.3 Å². The molecule has 2 aliphatic heterocycles. The number of aromatic nitrogens is 1. The molecule has 3 heterocycles. The first kappa shape index (κ1) is 18.0. The van der Waals surface area contributed by atoms with Crippen molar-refractivity contribution < 1.29 is 17.7 Å². The van der Waals surface area contributed by atoms with Crippen LogP contribution in [0, 0.1) is 25.2 Å². The molecule has 1 saturated carbocycles. The van der Waals surface area contributed by atoms with Crippen molar-refractivity contribution in [3.05, 3.63) is 11.5 Å². The van der Waals surface area contributed by atoms with Crippen molar-refractivity contribution in [3.63, 3.8) is 0 Å². The minimum Gasteiger partial charge on any atom is -0.360 e. The van der Waals surface area contributed by atoms with Crippen molar-refractivity contribution in [2.75, 3.05) is 26.2 Å². The Bertz CT molecular complexity index is 795. The van der Waals surface area contributed by atoms with Crippen LogP contribution in [-0.2, 0) is 14.8 Å². The molecule has 3 aliphatic rings. The average Bonchev–Trinajstić information content (AvgIpc) is 3.12. The summed E-state index contributed by atoms with van der Waals surface area (Å²) in [5.41, 5.74) is -0.168. The van der Waals surface area contributed by atoms with Gasteiger partial charge in [-0.2, -0.15) is 4.31 Å². The van der Waals surface area contributed by atoms with Crippen LogP contribution in [0.15, 0.2) is 9.42 Å². The SMILES string of the molecule is Cc1noc(C)c1S(=O)(=O)N1CC[C@]2(CCCN(CC3CCC3)C2=O)C1. The standard InChI is InChI=1S/C18H27N3O4S/c1-13-16(14(2)25-19-13)26(23,24)21-10-8-18(12-21)7-4-9-20(17(18)22)11-15-5-3-6-15/h15H,3-12H2,1-2H3/t18-/m1/s1. The molecule has 1 aromatic rings. The number of aryl methyl sites for hydroxylation is 2. The van der Waals surface area contributed by atoms with E-state index in [9.17, 15) is 13.2 Å². The van der Waals surface area contributed by atoms with Gasteiger partial charge < -0.3 is 9.42 Å². The number of sulfonamides is 1.